The van der Waals surface area contributed by atoms with Crippen molar-refractivity contribution in [1.82, 2.24) is 5.32 Å². The fraction of sp³-hybridized carbons (Fsp3) is 0.647. The zero-order valence-corrected chi connectivity index (χ0v) is 13.1. The summed E-state index contributed by atoms with van der Waals surface area (Å²) in [7, 11) is 1.69. The van der Waals surface area contributed by atoms with E-state index in [4.69, 9.17) is 14.2 Å². The molecule has 0 radical (unpaired) electrons. The van der Waals surface area contributed by atoms with Crippen molar-refractivity contribution in [3.63, 3.8) is 0 Å². The quantitative estimate of drug-likeness (QED) is 0.637. The lowest BCUT2D eigenvalue weighted by molar-refractivity contribution is 0.0585. The number of methoxy groups -OCH3 is 1. The monoisotopic (exact) mass is 293 g/mol. The van der Waals surface area contributed by atoms with E-state index in [1.165, 1.54) is 18.4 Å². The molecule has 1 fully saturated rings. The Kier molecular flexibility index (Phi) is 7.00. The van der Waals surface area contributed by atoms with Crippen LogP contribution in [-0.4, -0.2) is 39.6 Å². The Hall–Kier alpha value is -1.10. The van der Waals surface area contributed by atoms with Gasteiger partial charge in [-0.05, 0) is 43.5 Å². The Labute approximate surface area is 127 Å². The summed E-state index contributed by atoms with van der Waals surface area (Å²) in [4.78, 5) is 0. The van der Waals surface area contributed by atoms with Gasteiger partial charge in [0.25, 0.3) is 0 Å². The lowest BCUT2D eigenvalue weighted by Crippen LogP contribution is -2.27. The van der Waals surface area contributed by atoms with Crippen molar-refractivity contribution in [2.45, 2.75) is 38.3 Å². The molecule has 0 heterocycles. The average Bonchev–Trinajstić information content (AvgIpc) is 3.31. The molecule has 1 aromatic rings. The van der Waals surface area contributed by atoms with Gasteiger partial charge < -0.3 is 19.5 Å². The highest BCUT2D eigenvalue weighted by molar-refractivity contribution is 5.31. The van der Waals surface area contributed by atoms with Crippen LogP contribution in [0.3, 0.4) is 0 Å². The maximum Gasteiger partial charge on any atom is 0.120 e. The summed E-state index contributed by atoms with van der Waals surface area (Å²) in [5.41, 5.74) is 1.22. The van der Waals surface area contributed by atoms with Gasteiger partial charge in [-0.25, -0.2) is 0 Å². The Morgan fingerprint density at radius 1 is 1.29 bits per heavy atom. The van der Waals surface area contributed by atoms with Crippen LogP contribution in [0.4, 0.5) is 0 Å². The molecule has 1 unspecified atom stereocenters. The maximum atomic E-state index is 5.88. The third-order valence-corrected chi connectivity index (χ3v) is 3.44. The molecule has 0 saturated heterocycles. The molecule has 1 atom stereocenters. The molecule has 0 bridgehead atoms. The van der Waals surface area contributed by atoms with Crippen molar-refractivity contribution < 1.29 is 14.2 Å². The second-order valence-electron chi connectivity index (χ2n) is 5.46. The molecule has 0 amide bonds. The number of benzene rings is 1. The van der Waals surface area contributed by atoms with E-state index < -0.39 is 0 Å². The molecule has 0 spiro atoms. The van der Waals surface area contributed by atoms with Crippen molar-refractivity contribution in [1.29, 1.82) is 0 Å². The second kappa shape index (κ2) is 9.03. The molecule has 1 N–H and O–H groups in total. The van der Waals surface area contributed by atoms with Crippen molar-refractivity contribution in [3.8, 4) is 5.75 Å². The van der Waals surface area contributed by atoms with E-state index in [0.717, 1.165) is 18.7 Å². The summed E-state index contributed by atoms with van der Waals surface area (Å²) >= 11 is 0. The van der Waals surface area contributed by atoms with Crippen LogP contribution < -0.4 is 10.1 Å². The van der Waals surface area contributed by atoms with E-state index in [-0.39, 0.29) is 6.04 Å². The minimum atomic E-state index is 0.199. The van der Waals surface area contributed by atoms with Crippen LogP contribution in [0.15, 0.2) is 24.3 Å². The van der Waals surface area contributed by atoms with E-state index in [1.807, 2.05) is 6.07 Å². The third-order valence-electron chi connectivity index (χ3n) is 3.44. The van der Waals surface area contributed by atoms with Crippen LogP contribution in [0.1, 0.15) is 37.8 Å². The molecule has 1 aliphatic carbocycles. The van der Waals surface area contributed by atoms with E-state index in [2.05, 4.69) is 30.4 Å². The molecular formula is C17H27NO3. The number of hydrogen-bond acceptors (Lipinski definition) is 4. The van der Waals surface area contributed by atoms with Gasteiger partial charge in [0.05, 0.1) is 32.0 Å². The first-order valence-corrected chi connectivity index (χ1v) is 7.90. The standard InChI is InChI=1S/C17H27NO3/c1-3-9-18-17(13-20-11-10-19-2)14-5-4-6-16(12-14)21-15-7-8-15/h4-6,12,15,17-18H,3,7-11,13H2,1-2H3. The van der Waals surface area contributed by atoms with Crippen LogP contribution in [0.2, 0.25) is 0 Å². The lowest BCUT2D eigenvalue weighted by atomic mass is 10.1. The van der Waals surface area contributed by atoms with Crippen molar-refractivity contribution in [2.75, 3.05) is 33.5 Å². The minimum absolute atomic E-state index is 0.199. The summed E-state index contributed by atoms with van der Waals surface area (Å²) in [6.45, 7) is 5.05. The highest BCUT2D eigenvalue weighted by Crippen LogP contribution is 2.28. The first-order valence-electron chi connectivity index (χ1n) is 7.90. The van der Waals surface area contributed by atoms with E-state index in [1.54, 1.807) is 7.11 Å². The van der Waals surface area contributed by atoms with Gasteiger partial charge in [0.15, 0.2) is 0 Å². The number of rotatable bonds is 11. The molecule has 118 valence electrons. The van der Waals surface area contributed by atoms with Crippen molar-refractivity contribution in [2.24, 2.45) is 0 Å². The van der Waals surface area contributed by atoms with Gasteiger partial charge in [-0.1, -0.05) is 19.1 Å². The van der Waals surface area contributed by atoms with Gasteiger partial charge in [0, 0.05) is 7.11 Å². The van der Waals surface area contributed by atoms with E-state index in [9.17, 15) is 0 Å². The van der Waals surface area contributed by atoms with E-state index >= 15 is 0 Å². The summed E-state index contributed by atoms with van der Waals surface area (Å²) in [5.74, 6) is 0.968. The molecule has 0 aliphatic heterocycles. The predicted octanol–water partition coefficient (Wildman–Crippen LogP) is 2.93. The van der Waals surface area contributed by atoms with E-state index in [0.29, 0.717) is 25.9 Å². The van der Waals surface area contributed by atoms with Gasteiger partial charge in [0.2, 0.25) is 0 Å². The number of hydrogen-bond donors (Lipinski definition) is 1. The molecule has 2 rings (SSSR count). The van der Waals surface area contributed by atoms with Crippen LogP contribution in [0.25, 0.3) is 0 Å². The Morgan fingerprint density at radius 3 is 2.86 bits per heavy atom. The molecule has 4 heteroatoms. The Balaban J connectivity index is 1.92. The zero-order valence-electron chi connectivity index (χ0n) is 13.1. The molecule has 1 saturated carbocycles. The summed E-state index contributed by atoms with van der Waals surface area (Å²) in [6, 6.07) is 8.55. The summed E-state index contributed by atoms with van der Waals surface area (Å²) < 4.78 is 16.6. The van der Waals surface area contributed by atoms with Crippen LogP contribution in [0.5, 0.6) is 5.75 Å². The molecule has 1 aromatic carbocycles. The lowest BCUT2D eigenvalue weighted by Gasteiger charge is -2.20. The fourth-order valence-electron chi connectivity index (χ4n) is 2.12. The summed E-state index contributed by atoms with van der Waals surface area (Å²) in [5, 5.41) is 3.54. The first-order chi connectivity index (χ1) is 10.3. The smallest absolute Gasteiger partial charge is 0.120 e. The maximum absolute atomic E-state index is 5.88. The molecular weight excluding hydrogens is 266 g/mol. The molecule has 0 aromatic heterocycles. The average molecular weight is 293 g/mol. The van der Waals surface area contributed by atoms with Gasteiger partial charge in [0.1, 0.15) is 5.75 Å². The van der Waals surface area contributed by atoms with Gasteiger partial charge in [-0.15, -0.1) is 0 Å². The highest BCUT2D eigenvalue weighted by atomic mass is 16.5. The number of nitrogens with one attached hydrogen (secondary N) is 1. The third kappa shape index (κ3) is 6.04. The van der Waals surface area contributed by atoms with Crippen LogP contribution in [0, 0.1) is 0 Å². The van der Waals surface area contributed by atoms with Crippen molar-refractivity contribution >= 4 is 0 Å². The van der Waals surface area contributed by atoms with Gasteiger partial charge in [-0.3, -0.25) is 0 Å². The fourth-order valence-corrected chi connectivity index (χ4v) is 2.12. The van der Waals surface area contributed by atoms with Gasteiger partial charge >= 0.3 is 0 Å². The normalized spacial score (nSPS) is 15.9. The van der Waals surface area contributed by atoms with Crippen LogP contribution >= 0.6 is 0 Å². The Bertz CT molecular complexity index is 407. The minimum Gasteiger partial charge on any atom is -0.490 e. The SMILES string of the molecule is CCCNC(COCCOC)c1cccc(OC2CC2)c1. The topological polar surface area (TPSA) is 39.7 Å². The zero-order chi connectivity index (χ0) is 14.9. The van der Waals surface area contributed by atoms with Crippen LogP contribution in [-0.2, 0) is 9.47 Å². The second-order valence-corrected chi connectivity index (χ2v) is 5.46. The first kappa shape index (κ1) is 16.3. The highest BCUT2D eigenvalue weighted by Gasteiger charge is 2.23. The largest absolute Gasteiger partial charge is 0.490 e. The van der Waals surface area contributed by atoms with Gasteiger partial charge in [-0.2, -0.15) is 0 Å². The molecule has 21 heavy (non-hydrogen) atoms. The predicted molar refractivity (Wildman–Crippen MR) is 83.8 cm³/mol. The molecule has 4 nitrogen and oxygen atoms in total. The van der Waals surface area contributed by atoms with Crippen molar-refractivity contribution in [3.05, 3.63) is 29.8 Å². The number of ether oxygens (including phenoxy) is 3. The Morgan fingerprint density at radius 2 is 2.14 bits per heavy atom. The summed E-state index contributed by atoms with van der Waals surface area (Å²) in [6.07, 6.45) is 3.90. The molecule has 1 aliphatic rings.